The average molecular weight is 288 g/mol. The van der Waals surface area contributed by atoms with Crippen LogP contribution in [0.2, 0.25) is 0 Å². The smallest absolute Gasteiger partial charge is 0.329 e. The Bertz CT molecular complexity index is 338. The number of carboxylic acid groups (broad SMARTS) is 1. The highest BCUT2D eigenvalue weighted by Crippen LogP contribution is 2.32. The highest BCUT2D eigenvalue weighted by Gasteiger charge is 2.48. The molecule has 0 radical (unpaired) electrons. The number of hydrogen-bond donors (Lipinski definition) is 2. The minimum absolute atomic E-state index is 0.103. The highest BCUT2D eigenvalue weighted by atomic mass is 32.2. The molecule has 0 aliphatic carbocycles. The van der Waals surface area contributed by atoms with Gasteiger partial charge in [0.05, 0.1) is 0 Å². The van der Waals surface area contributed by atoms with Crippen LogP contribution in [0.5, 0.6) is 0 Å². The van der Waals surface area contributed by atoms with Gasteiger partial charge in [-0.25, -0.2) is 9.59 Å². The Labute approximate surface area is 119 Å². The molecule has 1 saturated heterocycles. The Morgan fingerprint density at radius 3 is 2.63 bits per heavy atom. The largest absolute Gasteiger partial charge is 0.479 e. The standard InChI is InChI=1S/C13H24N2O3S/c1-4-10(9-19-3)14-12(18)15-8-6-7-13(15,5-2)11(16)17/h10H,4-9H2,1-3H3,(H,14,18)(H,16,17). The van der Waals surface area contributed by atoms with Crippen LogP contribution in [0.4, 0.5) is 4.79 Å². The zero-order valence-electron chi connectivity index (χ0n) is 11.9. The Morgan fingerprint density at radius 2 is 2.16 bits per heavy atom. The maximum atomic E-state index is 12.3. The molecule has 19 heavy (non-hydrogen) atoms. The Morgan fingerprint density at radius 1 is 1.47 bits per heavy atom. The van der Waals surface area contributed by atoms with Crippen molar-refractivity contribution in [2.24, 2.45) is 0 Å². The summed E-state index contributed by atoms with van der Waals surface area (Å²) in [5.74, 6) is -0.0389. The van der Waals surface area contributed by atoms with Gasteiger partial charge in [0.15, 0.2) is 0 Å². The van der Waals surface area contributed by atoms with E-state index in [-0.39, 0.29) is 12.1 Å². The number of likely N-dealkylation sites (tertiary alicyclic amines) is 1. The number of rotatable bonds is 6. The molecule has 0 aromatic rings. The van der Waals surface area contributed by atoms with E-state index in [1.165, 1.54) is 4.90 Å². The molecule has 1 heterocycles. The molecular weight excluding hydrogens is 264 g/mol. The van der Waals surface area contributed by atoms with Crippen LogP contribution in [-0.4, -0.2) is 52.1 Å². The van der Waals surface area contributed by atoms with Crippen molar-refractivity contribution in [2.45, 2.75) is 51.1 Å². The second-order valence-electron chi connectivity index (χ2n) is 4.96. The fourth-order valence-corrected chi connectivity index (χ4v) is 3.35. The summed E-state index contributed by atoms with van der Waals surface area (Å²) in [5, 5.41) is 12.4. The number of nitrogens with one attached hydrogen (secondary N) is 1. The van der Waals surface area contributed by atoms with E-state index < -0.39 is 11.5 Å². The number of thioether (sulfide) groups is 1. The minimum Gasteiger partial charge on any atom is -0.479 e. The van der Waals surface area contributed by atoms with Crippen molar-refractivity contribution in [1.29, 1.82) is 0 Å². The number of nitrogens with zero attached hydrogens (tertiary/aromatic N) is 1. The molecule has 2 N–H and O–H groups in total. The molecule has 0 aromatic carbocycles. The van der Waals surface area contributed by atoms with Gasteiger partial charge in [0, 0.05) is 18.3 Å². The van der Waals surface area contributed by atoms with Crippen molar-refractivity contribution in [2.75, 3.05) is 18.6 Å². The molecule has 1 fully saturated rings. The average Bonchev–Trinajstić information content (AvgIpc) is 2.83. The van der Waals surface area contributed by atoms with Gasteiger partial charge >= 0.3 is 12.0 Å². The van der Waals surface area contributed by atoms with Crippen molar-refractivity contribution >= 4 is 23.8 Å². The number of hydrogen-bond acceptors (Lipinski definition) is 3. The molecule has 2 amide bonds. The van der Waals surface area contributed by atoms with Crippen molar-refractivity contribution in [3.8, 4) is 0 Å². The number of amides is 2. The molecule has 110 valence electrons. The molecule has 5 nitrogen and oxygen atoms in total. The third-order valence-corrected chi connectivity index (χ3v) is 4.64. The zero-order valence-corrected chi connectivity index (χ0v) is 12.8. The predicted molar refractivity (Wildman–Crippen MR) is 77.6 cm³/mol. The summed E-state index contributed by atoms with van der Waals surface area (Å²) < 4.78 is 0. The molecular formula is C13H24N2O3S. The summed E-state index contributed by atoms with van der Waals surface area (Å²) in [4.78, 5) is 25.3. The third kappa shape index (κ3) is 3.35. The van der Waals surface area contributed by atoms with Gasteiger partial charge in [0.2, 0.25) is 0 Å². The second kappa shape index (κ2) is 7.03. The van der Waals surface area contributed by atoms with Gasteiger partial charge < -0.3 is 15.3 Å². The zero-order chi connectivity index (χ0) is 14.5. The van der Waals surface area contributed by atoms with E-state index in [0.717, 1.165) is 18.6 Å². The van der Waals surface area contributed by atoms with Gasteiger partial charge in [0.25, 0.3) is 0 Å². The van der Waals surface area contributed by atoms with Crippen LogP contribution in [0.3, 0.4) is 0 Å². The molecule has 2 atom stereocenters. The van der Waals surface area contributed by atoms with Gasteiger partial charge in [-0.05, 0) is 31.9 Å². The van der Waals surface area contributed by atoms with Crippen molar-refractivity contribution in [3.63, 3.8) is 0 Å². The van der Waals surface area contributed by atoms with Crippen LogP contribution in [0, 0.1) is 0 Å². The monoisotopic (exact) mass is 288 g/mol. The van der Waals surface area contributed by atoms with Gasteiger partial charge in [-0.15, -0.1) is 0 Å². The van der Waals surface area contributed by atoms with E-state index in [2.05, 4.69) is 5.32 Å². The van der Waals surface area contributed by atoms with Crippen molar-refractivity contribution in [3.05, 3.63) is 0 Å². The van der Waals surface area contributed by atoms with Crippen LogP contribution in [0.1, 0.15) is 39.5 Å². The molecule has 1 aliphatic rings. The highest BCUT2D eigenvalue weighted by molar-refractivity contribution is 7.98. The van der Waals surface area contributed by atoms with Crippen LogP contribution >= 0.6 is 11.8 Å². The number of carbonyl (C=O) groups excluding carboxylic acids is 1. The Hall–Kier alpha value is -0.910. The maximum absolute atomic E-state index is 12.3. The normalized spacial score (nSPS) is 24.3. The van der Waals surface area contributed by atoms with E-state index >= 15 is 0 Å². The first-order valence-corrected chi connectivity index (χ1v) is 8.21. The van der Waals surface area contributed by atoms with Gasteiger partial charge in [-0.2, -0.15) is 11.8 Å². The topological polar surface area (TPSA) is 69.6 Å². The fraction of sp³-hybridized carbons (Fsp3) is 0.846. The Balaban J connectivity index is 2.77. The number of urea groups is 1. The van der Waals surface area contributed by atoms with E-state index in [9.17, 15) is 14.7 Å². The molecule has 0 saturated carbocycles. The lowest BCUT2D eigenvalue weighted by atomic mass is 9.93. The van der Waals surface area contributed by atoms with E-state index in [4.69, 9.17) is 0 Å². The third-order valence-electron chi connectivity index (χ3n) is 3.91. The number of carbonyl (C=O) groups is 2. The molecule has 0 bridgehead atoms. The van der Waals surface area contributed by atoms with Crippen LogP contribution in [-0.2, 0) is 4.79 Å². The van der Waals surface area contributed by atoms with E-state index in [0.29, 0.717) is 19.4 Å². The van der Waals surface area contributed by atoms with Crippen LogP contribution in [0.15, 0.2) is 0 Å². The SMILES string of the molecule is CCC(CSC)NC(=O)N1CCCC1(CC)C(=O)O. The first kappa shape index (κ1) is 16.1. The van der Waals surface area contributed by atoms with Crippen LogP contribution < -0.4 is 5.32 Å². The lowest BCUT2D eigenvalue weighted by Crippen LogP contribution is -2.57. The molecule has 1 aliphatic heterocycles. The number of aliphatic carboxylic acids is 1. The van der Waals surface area contributed by atoms with E-state index in [1.54, 1.807) is 11.8 Å². The van der Waals surface area contributed by atoms with Gasteiger partial charge in [0.1, 0.15) is 5.54 Å². The lowest BCUT2D eigenvalue weighted by molar-refractivity contribution is -0.148. The first-order valence-electron chi connectivity index (χ1n) is 6.82. The summed E-state index contributed by atoms with van der Waals surface area (Å²) >= 11 is 1.68. The molecule has 6 heteroatoms. The first-order chi connectivity index (χ1) is 9.01. The lowest BCUT2D eigenvalue weighted by Gasteiger charge is -2.34. The maximum Gasteiger partial charge on any atom is 0.329 e. The summed E-state index contributed by atoms with van der Waals surface area (Å²) in [6.45, 7) is 4.38. The molecule has 0 aromatic heterocycles. The quantitative estimate of drug-likeness (QED) is 0.786. The summed E-state index contributed by atoms with van der Waals surface area (Å²) in [5.41, 5.74) is -1.01. The fourth-order valence-electron chi connectivity index (χ4n) is 2.63. The summed E-state index contributed by atoms with van der Waals surface area (Å²) in [6, 6.07) is -0.130. The number of carboxylic acids is 1. The van der Waals surface area contributed by atoms with Crippen molar-refractivity contribution < 1.29 is 14.7 Å². The minimum atomic E-state index is -1.01. The molecule has 2 unspecified atom stereocenters. The summed E-state index contributed by atoms with van der Waals surface area (Å²) in [6.07, 6.45) is 4.61. The van der Waals surface area contributed by atoms with E-state index in [1.807, 2.05) is 20.1 Å². The molecule has 1 rings (SSSR count). The van der Waals surface area contributed by atoms with Gasteiger partial charge in [-0.1, -0.05) is 13.8 Å². The molecule has 0 spiro atoms. The second-order valence-corrected chi connectivity index (χ2v) is 5.87. The predicted octanol–water partition coefficient (Wildman–Crippen LogP) is 2.17. The van der Waals surface area contributed by atoms with Crippen molar-refractivity contribution in [1.82, 2.24) is 10.2 Å². The van der Waals surface area contributed by atoms with Gasteiger partial charge in [-0.3, -0.25) is 0 Å². The van der Waals surface area contributed by atoms with Crippen LogP contribution in [0.25, 0.3) is 0 Å². The Kier molecular flexibility index (Phi) is 5.97. The summed E-state index contributed by atoms with van der Waals surface area (Å²) in [7, 11) is 0.